The maximum atomic E-state index is 12.8. The van der Waals surface area contributed by atoms with Crippen molar-refractivity contribution in [2.45, 2.75) is 25.8 Å². The first kappa shape index (κ1) is 20.6. The molecule has 5 N–H and O–H groups in total. The van der Waals surface area contributed by atoms with Crippen LogP contribution >= 0.6 is 11.6 Å². The number of hydrogen-bond acceptors (Lipinski definition) is 4. The van der Waals surface area contributed by atoms with Crippen LogP contribution in [0.4, 0.5) is 5.82 Å². The summed E-state index contributed by atoms with van der Waals surface area (Å²) >= 11 is 6.36. The third-order valence-electron chi connectivity index (χ3n) is 6.63. The molecule has 3 heterocycles. The molecular formula is C25H20ClN5O3. The van der Waals surface area contributed by atoms with Crippen molar-refractivity contribution in [3.05, 3.63) is 80.4 Å². The Morgan fingerprint density at radius 3 is 2.76 bits per heavy atom. The van der Waals surface area contributed by atoms with Gasteiger partial charge in [-0.15, -0.1) is 0 Å². The number of carbonyl (C=O) groups is 1. The van der Waals surface area contributed by atoms with Crippen LogP contribution in [0.5, 0.6) is 0 Å². The van der Waals surface area contributed by atoms with E-state index in [4.69, 9.17) is 17.3 Å². The topological polar surface area (TPSA) is 130 Å². The molecule has 9 heteroatoms. The number of aryl methyl sites for hydroxylation is 2. The van der Waals surface area contributed by atoms with Crippen LogP contribution in [-0.4, -0.2) is 30.8 Å². The Labute approximate surface area is 198 Å². The number of nitrogens with one attached hydrogen (secondary N) is 2. The second-order valence-corrected chi connectivity index (χ2v) is 9.05. The Kier molecular flexibility index (Phi) is 4.53. The van der Waals surface area contributed by atoms with Crippen LogP contribution in [0.2, 0.25) is 5.02 Å². The largest absolute Gasteiger partial charge is 0.477 e. The van der Waals surface area contributed by atoms with Gasteiger partial charge in [0.1, 0.15) is 5.69 Å². The van der Waals surface area contributed by atoms with Gasteiger partial charge in [0.15, 0.2) is 5.82 Å². The van der Waals surface area contributed by atoms with Crippen LogP contribution in [0, 0.1) is 0 Å². The highest BCUT2D eigenvalue weighted by atomic mass is 35.5. The van der Waals surface area contributed by atoms with Gasteiger partial charge in [-0.25, -0.2) is 4.79 Å². The highest BCUT2D eigenvalue weighted by molar-refractivity contribution is 6.31. The SMILES string of the molecule is Nc1n[nH]c2cc(Cl)cc(Cn3c(C(=O)O)c(-c4ccc[nH]c4=O)c4cc5c(cc43)CCC5)c12. The summed E-state index contributed by atoms with van der Waals surface area (Å²) in [4.78, 5) is 28.1. The number of halogens is 1. The van der Waals surface area contributed by atoms with E-state index in [-0.39, 0.29) is 17.8 Å². The number of anilines is 1. The van der Waals surface area contributed by atoms with Crippen LogP contribution < -0.4 is 11.3 Å². The number of nitrogens with zero attached hydrogens (tertiary/aromatic N) is 2. The molecule has 0 aliphatic heterocycles. The van der Waals surface area contributed by atoms with Crippen molar-refractivity contribution in [3.8, 4) is 11.1 Å². The molecule has 3 aromatic heterocycles. The molecule has 0 amide bonds. The van der Waals surface area contributed by atoms with E-state index in [0.29, 0.717) is 32.9 Å². The van der Waals surface area contributed by atoms with E-state index in [2.05, 4.69) is 21.2 Å². The molecule has 0 saturated carbocycles. The number of nitrogens with two attached hydrogens (primary N) is 1. The van der Waals surface area contributed by atoms with E-state index in [1.54, 1.807) is 28.8 Å². The lowest BCUT2D eigenvalue weighted by Gasteiger charge is -2.12. The smallest absolute Gasteiger partial charge is 0.353 e. The third kappa shape index (κ3) is 3.03. The van der Waals surface area contributed by atoms with Gasteiger partial charge in [0, 0.05) is 45.2 Å². The molecule has 1 aliphatic carbocycles. The van der Waals surface area contributed by atoms with E-state index in [1.807, 2.05) is 6.07 Å². The lowest BCUT2D eigenvalue weighted by molar-refractivity contribution is 0.0687. The Hall–Kier alpha value is -4.04. The van der Waals surface area contributed by atoms with Gasteiger partial charge in [-0.1, -0.05) is 11.6 Å². The molecule has 0 unspecified atom stereocenters. The normalized spacial score (nSPS) is 13.1. The standard InChI is InChI=1S/C25H20ClN5O3/c26-15-7-14(20-18(10-15)29-30-23(20)27)11-31-19-9-13-4-1-3-12(13)8-17(19)21(22(31)25(33)34)16-5-2-6-28-24(16)32/h2,5-10H,1,3-4,11H2,(H,28,32)(H,33,34)(H3,27,29,30). The number of benzene rings is 2. The number of carboxylic acids is 1. The minimum absolute atomic E-state index is 0.0468. The van der Waals surface area contributed by atoms with Crippen LogP contribution in [-0.2, 0) is 19.4 Å². The number of aromatic nitrogens is 4. The first-order valence-corrected chi connectivity index (χ1v) is 11.3. The van der Waals surface area contributed by atoms with Crippen LogP contribution in [0.3, 0.4) is 0 Å². The van der Waals surface area contributed by atoms with Crippen LogP contribution in [0.15, 0.2) is 47.4 Å². The van der Waals surface area contributed by atoms with Gasteiger partial charge in [0.05, 0.1) is 5.52 Å². The van der Waals surface area contributed by atoms with Crippen LogP contribution in [0.1, 0.15) is 33.6 Å². The van der Waals surface area contributed by atoms with E-state index in [1.165, 1.54) is 17.3 Å². The molecule has 0 radical (unpaired) electrons. The van der Waals surface area contributed by atoms with Gasteiger partial charge < -0.3 is 20.4 Å². The second-order valence-electron chi connectivity index (χ2n) is 8.62. The zero-order valence-electron chi connectivity index (χ0n) is 18.0. The number of H-pyrrole nitrogens is 2. The lowest BCUT2D eigenvalue weighted by atomic mass is 10.00. The molecule has 5 aromatic rings. The van der Waals surface area contributed by atoms with Gasteiger partial charge in [-0.05, 0) is 72.4 Å². The molecule has 1 aliphatic rings. The Bertz CT molecular complexity index is 1690. The fraction of sp³-hybridized carbons (Fsp3) is 0.160. The number of aromatic amines is 2. The molecule has 0 atom stereocenters. The summed E-state index contributed by atoms with van der Waals surface area (Å²) < 4.78 is 1.75. The highest BCUT2D eigenvalue weighted by Gasteiger charge is 2.27. The number of rotatable bonds is 4. The van der Waals surface area contributed by atoms with Crippen molar-refractivity contribution in [1.29, 1.82) is 0 Å². The summed E-state index contributed by atoms with van der Waals surface area (Å²) in [5, 5.41) is 19.3. The van der Waals surface area contributed by atoms with Crippen LogP contribution in [0.25, 0.3) is 32.9 Å². The Morgan fingerprint density at radius 1 is 1.21 bits per heavy atom. The van der Waals surface area contributed by atoms with E-state index >= 15 is 0 Å². The molecule has 8 nitrogen and oxygen atoms in total. The van der Waals surface area contributed by atoms with Crippen molar-refractivity contribution < 1.29 is 9.90 Å². The first-order valence-electron chi connectivity index (χ1n) is 10.9. The van der Waals surface area contributed by atoms with Crippen molar-refractivity contribution in [2.24, 2.45) is 0 Å². The van der Waals surface area contributed by atoms with Gasteiger partial charge in [-0.3, -0.25) is 9.89 Å². The maximum absolute atomic E-state index is 12.8. The van der Waals surface area contributed by atoms with Gasteiger partial charge in [-0.2, -0.15) is 5.10 Å². The summed E-state index contributed by atoms with van der Waals surface area (Å²) in [6.45, 7) is 0.197. The van der Waals surface area contributed by atoms with Crippen molar-refractivity contribution >= 4 is 45.2 Å². The average Bonchev–Trinajstić information content (AvgIpc) is 3.49. The predicted octanol–water partition coefficient (Wildman–Crippen LogP) is 4.34. The summed E-state index contributed by atoms with van der Waals surface area (Å²) in [5.41, 5.74) is 11.1. The first-order chi connectivity index (χ1) is 16.4. The molecule has 34 heavy (non-hydrogen) atoms. The number of pyridine rings is 1. The minimum atomic E-state index is -1.12. The average molecular weight is 474 g/mol. The zero-order chi connectivity index (χ0) is 23.6. The van der Waals surface area contributed by atoms with E-state index in [0.717, 1.165) is 35.7 Å². The molecule has 6 rings (SSSR count). The summed E-state index contributed by atoms with van der Waals surface area (Å²) in [5.74, 6) is -0.802. The fourth-order valence-electron chi connectivity index (χ4n) is 5.22. The van der Waals surface area contributed by atoms with E-state index in [9.17, 15) is 14.7 Å². The minimum Gasteiger partial charge on any atom is -0.477 e. The summed E-state index contributed by atoms with van der Waals surface area (Å²) in [6.07, 6.45) is 4.46. The number of nitrogen functional groups attached to an aromatic ring is 1. The van der Waals surface area contributed by atoms with E-state index < -0.39 is 5.97 Å². The van der Waals surface area contributed by atoms with Crippen molar-refractivity contribution in [2.75, 3.05) is 5.73 Å². The molecule has 170 valence electrons. The van der Waals surface area contributed by atoms with Crippen molar-refractivity contribution in [1.82, 2.24) is 19.7 Å². The Morgan fingerprint density at radius 2 is 2.00 bits per heavy atom. The number of hydrogen-bond donors (Lipinski definition) is 4. The third-order valence-corrected chi connectivity index (χ3v) is 6.85. The predicted molar refractivity (Wildman–Crippen MR) is 132 cm³/mol. The highest BCUT2D eigenvalue weighted by Crippen LogP contribution is 2.39. The van der Waals surface area contributed by atoms with Gasteiger partial charge >= 0.3 is 5.97 Å². The fourth-order valence-corrected chi connectivity index (χ4v) is 5.46. The maximum Gasteiger partial charge on any atom is 0.353 e. The van der Waals surface area contributed by atoms with Gasteiger partial charge in [0.25, 0.3) is 5.56 Å². The lowest BCUT2D eigenvalue weighted by Crippen LogP contribution is -2.13. The Balaban J connectivity index is 1.71. The number of fused-ring (bicyclic) bond motifs is 3. The monoisotopic (exact) mass is 473 g/mol. The van der Waals surface area contributed by atoms with Crippen molar-refractivity contribution in [3.63, 3.8) is 0 Å². The second kappa shape index (κ2) is 7.50. The molecular weight excluding hydrogens is 454 g/mol. The summed E-state index contributed by atoms with van der Waals surface area (Å²) in [6, 6.07) is 11.0. The molecule has 0 saturated heterocycles. The quantitative estimate of drug-likeness (QED) is 0.308. The zero-order valence-corrected chi connectivity index (χ0v) is 18.7. The molecule has 0 bridgehead atoms. The molecule has 0 fully saturated rings. The van der Waals surface area contributed by atoms with Gasteiger partial charge in [0.2, 0.25) is 0 Å². The summed E-state index contributed by atoms with van der Waals surface area (Å²) in [7, 11) is 0. The molecule has 2 aromatic carbocycles. The molecule has 0 spiro atoms. The number of carboxylic acid groups (broad SMARTS) is 1. The number of aromatic carboxylic acids is 1.